The van der Waals surface area contributed by atoms with E-state index in [1.165, 1.54) is 26.9 Å². The SMILES string of the molecule is CC(C)(C)OC(=O)N(Cc1nccs1)c1nc(Cl)nn2cc(Br)c(F)c12. The average Bonchev–Trinajstić information content (AvgIpc) is 3.11. The molecule has 0 saturated heterocycles. The first-order chi connectivity index (χ1) is 12.2. The molecule has 11 heteroatoms. The fourth-order valence-corrected chi connectivity index (χ4v) is 3.32. The molecule has 0 aromatic carbocycles. The Morgan fingerprint density at radius 2 is 2.23 bits per heavy atom. The number of carbonyl (C=O) groups excluding carboxylic acids is 1. The van der Waals surface area contributed by atoms with E-state index in [1.54, 1.807) is 32.3 Å². The largest absolute Gasteiger partial charge is 0.443 e. The average molecular weight is 463 g/mol. The molecule has 0 fully saturated rings. The molecular formula is C15H14BrClFN5O2S. The number of halogens is 3. The van der Waals surface area contributed by atoms with Gasteiger partial charge in [0, 0.05) is 17.8 Å². The summed E-state index contributed by atoms with van der Waals surface area (Å²) in [5.74, 6) is -0.609. The topological polar surface area (TPSA) is 72.6 Å². The summed E-state index contributed by atoms with van der Waals surface area (Å²) in [6.45, 7) is 5.27. The zero-order chi connectivity index (χ0) is 19.1. The normalized spacial score (nSPS) is 11.8. The molecule has 1 amide bonds. The quantitative estimate of drug-likeness (QED) is 0.565. The summed E-state index contributed by atoms with van der Waals surface area (Å²) in [4.78, 5) is 22.2. The number of amides is 1. The fraction of sp³-hybridized carbons (Fsp3) is 0.333. The predicted molar refractivity (Wildman–Crippen MR) is 100 cm³/mol. The maximum Gasteiger partial charge on any atom is 0.416 e. The van der Waals surface area contributed by atoms with Gasteiger partial charge in [0.2, 0.25) is 5.28 Å². The molecule has 0 aliphatic heterocycles. The third-order valence-electron chi connectivity index (χ3n) is 3.13. The van der Waals surface area contributed by atoms with Crippen LogP contribution in [0.25, 0.3) is 5.52 Å². The molecule has 0 unspecified atom stereocenters. The molecule has 0 spiro atoms. The molecular weight excluding hydrogens is 449 g/mol. The van der Waals surface area contributed by atoms with E-state index in [-0.39, 0.29) is 27.6 Å². The van der Waals surface area contributed by atoms with E-state index in [0.29, 0.717) is 5.01 Å². The molecule has 0 N–H and O–H groups in total. The lowest BCUT2D eigenvalue weighted by atomic mass is 10.2. The van der Waals surface area contributed by atoms with Crippen LogP contribution in [0, 0.1) is 5.82 Å². The molecule has 3 rings (SSSR count). The summed E-state index contributed by atoms with van der Waals surface area (Å²) in [5, 5.41) is 6.22. The van der Waals surface area contributed by atoms with Gasteiger partial charge in [0.25, 0.3) is 0 Å². The highest BCUT2D eigenvalue weighted by atomic mass is 79.9. The van der Waals surface area contributed by atoms with Crippen molar-refractivity contribution in [2.45, 2.75) is 32.9 Å². The lowest BCUT2D eigenvalue weighted by molar-refractivity contribution is 0.0576. The lowest BCUT2D eigenvalue weighted by Gasteiger charge is -2.26. The smallest absolute Gasteiger partial charge is 0.416 e. The van der Waals surface area contributed by atoms with E-state index in [1.807, 2.05) is 0 Å². The molecule has 0 radical (unpaired) electrons. The minimum Gasteiger partial charge on any atom is -0.443 e. The summed E-state index contributed by atoms with van der Waals surface area (Å²) < 4.78 is 21.5. The molecule has 3 heterocycles. The van der Waals surface area contributed by atoms with Gasteiger partial charge < -0.3 is 4.74 Å². The van der Waals surface area contributed by atoms with Gasteiger partial charge in [0.05, 0.1) is 11.0 Å². The van der Waals surface area contributed by atoms with Crippen molar-refractivity contribution >= 4 is 56.3 Å². The number of carbonyl (C=O) groups is 1. The monoisotopic (exact) mass is 461 g/mol. The van der Waals surface area contributed by atoms with Crippen LogP contribution in [0.3, 0.4) is 0 Å². The van der Waals surface area contributed by atoms with Crippen molar-refractivity contribution in [1.29, 1.82) is 0 Å². The van der Waals surface area contributed by atoms with Gasteiger partial charge in [-0.2, -0.15) is 4.98 Å². The maximum absolute atomic E-state index is 14.6. The second-order valence-electron chi connectivity index (χ2n) is 6.28. The zero-order valence-electron chi connectivity index (χ0n) is 14.0. The van der Waals surface area contributed by atoms with Gasteiger partial charge in [0.1, 0.15) is 16.1 Å². The second-order valence-corrected chi connectivity index (χ2v) is 8.45. The summed E-state index contributed by atoms with van der Waals surface area (Å²) in [6.07, 6.45) is 2.32. The molecule has 0 aliphatic carbocycles. The second kappa shape index (κ2) is 7.09. The Morgan fingerprint density at radius 3 is 2.85 bits per heavy atom. The number of aromatic nitrogens is 4. The number of hydrogen-bond donors (Lipinski definition) is 0. The number of anilines is 1. The van der Waals surface area contributed by atoms with Crippen LogP contribution in [0.1, 0.15) is 25.8 Å². The Bertz CT molecular complexity index is 957. The Hall–Kier alpha value is -1.78. The van der Waals surface area contributed by atoms with Crippen molar-refractivity contribution in [2.24, 2.45) is 0 Å². The van der Waals surface area contributed by atoms with E-state index >= 15 is 0 Å². The van der Waals surface area contributed by atoms with Crippen LogP contribution in [0.15, 0.2) is 22.2 Å². The molecule has 0 aliphatic rings. The van der Waals surface area contributed by atoms with E-state index in [0.717, 1.165) is 0 Å². The third-order valence-corrected chi connectivity index (χ3v) is 4.61. The summed E-state index contributed by atoms with van der Waals surface area (Å²) in [6, 6.07) is 0. The predicted octanol–water partition coefficient (Wildman–Crippen LogP) is 4.68. The first-order valence-electron chi connectivity index (χ1n) is 7.44. The Labute approximate surface area is 165 Å². The van der Waals surface area contributed by atoms with Gasteiger partial charge in [0.15, 0.2) is 11.6 Å². The van der Waals surface area contributed by atoms with Crippen LogP contribution < -0.4 is 4.90 Å². The van der Waals surface area contributed by atoms with Crippen LogP contribution in [0.2, 0.25) is 5.28 Å². The molecule has 0 saturated carbocycles. The van der Waals surface area contributed by atoms with Crippen molar-refractivity contribution < 1.29 is 13.9 Å². The summed E-state index contributed by atoms with van der Waals surface area (Å²) in [5.41, 5.74) is -0.740. The maximum atomic E-state index is 14.6. The van der Waals surface area contributed by atoms with E-state index in [2.05, 4.69) is 31.0 Å². The van der Waals surface area contributed by atoms with Crippen LogP contribution in [0.5, 0.6) is 0 Å². The van der Waals surface area contributed by atoms with E-state index in [9.17, 15) is 9.18 Å². The van der Waals surface area contributed by atoms with Crippen molar-refractivity contribution in [3.05, 3.63) is 38.4 Å². The number of thiazole rings is 1. The van der Waals surface area contributed by atoms with Crippen LogP contribution >= 0.6 is 38.9 Å². The number of rotatable bonds is 3. The van der Waals surface area contributed by atoms with Gasteiger partial charge in [-0.1, -0.05) is 0 Å². The molecule has 0 atom stereocenters. The fourth-order valence-electron chi connectivity index (χ4n) is 2.17. The van der Waals surface area contributed by atoms with Gasteiger partial charge in [-0.15, -0.1) is 16.4 Å². The van der Waals surface area contributed by atoms with Crippen LogP contribution in [-0.2, 0) is 11.3 Å². The lowest BCUT2D eigenvalue weighted by Crippen LogP contribution is -2.37. The number of hydrogen-bond acceptors (Lipinski definition) is 6. The van der Waals surface area contributed by atoms with E-state index < -0.39 is 17.5 Å². The van der Waals surface area contributed by atoms with Crippen molar-refractivity contribution in [3.63, 3.8) is 0 Å². The highest BCUT2D eigenvalue weighted by molar-refractivity contribution is 9.10. The van der Waals surface area contributed by atoms with Gasteiger partial charge >= 0.3 is 6.09 Å². The van der Waals surface area contributed by atoms with Crippen molar-refractivity contribution in [3.8, 4) is 0 Å². The van der Waals surface area contributed by atoms with Gasteiger partial charge in [-0.05, 0) is 48.3 Å². The van der Waals surface area contributed by atoms with Crippen molar-refractivity contribution in [1.82, 2.24) is 19.6 Å². The van der Waals surface area contributed by atoms with E-state index in [4.69, 9.17) is 16.3 Å². The molecule has 7 nitrogen and oxygen atoms in total. The van der Waals surface area contributed by atoms with Gasteiger partial charge in [-0.3, -0.25) is 4.90 Å². The Balaban J connectivity index is 2.15. The molecule has 3 aromatic heterocycles. The minimum absolute atomic E-state index is 0.00218. The zero-order valence-corrected chi connectivity index (χ0v) is 17.2. The van der Waals surface area contributed by atoms with Crippen LogP contribution in [0.4, 0.5) is 15.0 Å². The standard InChI is InChI=1S/C15H14BrClFN5O2S/c1-15(2,3)25-14(24)22(7-9-19-4-5-26-9)12-11-10(18)8(16)6-23(11)21-13(17)20-12/h4-6H,7H2,1-3H3. The first-order valence-corrected chi connectivity index (χ1v) is 9.49. The third kappa shape index (κ3) is 3.97. The highest BCUT2D eigenvalue weighted by Crippen LogP contribution is 2.31. The minimum atomic E-state index is -0.744. The Morgan fingerprint density at radius 1 is 1.50 bits per heavy atom. The number of fused-ring (bicyclic) bond motifs is 1. The van der Waals surface area contributed by atoms with Gasteiger partial charge in [-0.25, -0.2) is 18.7 Å². The number of nitrogens with zero attached hydrogens (tertiary/aromatic N) is 5. The Kier molecular flexibility index (Phi) is 5.18. The first kappa shape index (κ1) is 19.0. The molecule has 138 valence electrons. The highest BCUT2D eigenvalue weighted by Gasteiger charge is 2.29. The summed E-state index contributed by atoms with van der Waals surface area (Å²) in [7, 11) is 0. The molecule has 0 bridgehead atoms. The van der Waals surface area contributed by atoms with Crippen molar-refractivity contribution in [2.75, 3.05) is 4.90 Å². The molecule has 26 heavy (non-hydrogen) atoms. The molecule has 3 aromatic rings. The summed E-state index contributed by atoms with van der Waals surface area (Å²) >= 11 is 10.4. The number of ether oxygens (including phenoxy) is 1. The van der Waals surface area contributed by atoms with Crippen LogP contribution in [-0.4, -0.2) is 31.3 Å².